The van der Waals surface area contributed by atoms with E-state index >= 15 is 0 Å². The Morgan fingerprint density at radius 3 is 2.73 bits per heavy atom. The highest BCUT2D eigenvalue weighted by Crippen LogP contribution is 2.48. The lowest BCUT2D eigenvalue weighted by molar-refractivity contribution is -0.142. The van der Waals surface area contributed by atoms with Gasteiger partial charge < -0.3 is 4.74 Å². The minimum absolute atomic E-state index is 0.0252. The molecule has 0 spiro atoms. The first-order valence-electron chi connectivity index (χ1n) is 11.4. The number of nitrogens with one attached hydrogen (secondary N) is 1. The summed E-state index contributed by atoms with van der Waals surface area (Å²) >= 11 is 12.5. The van der Waals surface area contributed by atoms with Crippen molar-refractivity contribution >= 4 is 58.3 Å². The van der Waals surface area contributed by atoms with E-state index in [9.17, 15) is 9.59 Å². The van der Waals surface area contributed by atoms with Crippen molar-refractivity contribution in [2.45, 2.75) is 17.9 Å². The average Bonchev–Trinajstić information content (AvgIpc) is 3.61. The van der Waals surface area contributed by atoms with Gasteiger partial charge in [-0.2, -0.15) is 16.4 Å². The molecule has 1 aliphatic heterocycles. The van der Waals surface area contributed by atoms with Gasteiger partial charge in [-0.1, -0.05) is 54.7 Å². The first-order valence-corrected chi connectivity index (χ1v) is 13.1. The molecule has 0 saturated carbocycles. The highest BCUT2D eigenvalue weighted by molar-refractivity contribution is 7.78. The highest BCUT2D eigenvalue weighted by Gasteiger charge is 2.53. The molecule has 37 heavy (non-hydrogen) atoms. The number of ketones is 1. The van der Waals surface area contributed by atoms with E-state index in [2.05, 4.69) is 10.2 Å². The van der Waals surface area contributed by atoms with Crippen LogP contribution in [0.4, 0.5) is 0 Å². The number of hydrogen-bond donors (Lipinski definition) is 2. The molecule has 4 heterocycles. The Morgan fingerprint density at radius 1 is 1.08 bits per heavy atom. The van der Waals surface area contributed by atoms with Crippen LogP contribution < -0.4 is 4.74 Å². The number of carbonyl (C=O) groups is 2. The summed E-state index contributed by atoms with van der Waals surface area (Å²) < 4.78 is 7.47. The van der Waals surface area contributed by atoms with Crippen LogP contribution in [0.1, 0.15) is 29.2 Å². The molecule has 2 aromatic carbocycles. The zero-order chi connectivity index (χ0) is 25.6. The quantitative estimate of drug-likeness (QED) is 0.204. The van der Waals surface area contributed by atoms with E-state index in [0.29, 0.717) is 27.9 Å². The fraction of sp³-hybridized carbons (Fsp3) is 0.111. The van der Waals surface area contributed by atoms with Crippen LogP contribution in [-0.4, -0.2) is 31.2 Å². The topological polar surface area (TPSA) is 88.2 Å². The van der Waals surface area contributed by atoms with E-state index in [-0.39, 0.29) is 12.2 Å². The average molecular weight is 547 g/mol. The van der Waals surface area contributed by atoms with Crippen LogP contribution >= 0.6 is 35.8 Å². The van der Waals surface area contributed by atoms with Crippen molar-refractivity contribution < 1.29 is 14.3 Å². The van der Waals surface area contributed by atoms with Gasteiger partial charge in [0.1, 0.15) is 17.2 Å². The molecule has 0 radical (unpaired) electrons. The van der Waals surface area contributed by atoms with Crippen molar-refractivity contribution in [3.8, 4) is 11.6 Å². The number of nitrogens with zero attached hydrogens (tertiary/aromatic N) is 3. The van der Waals surface area contributed by atoms with Gasteiger partial charge in [-0.05, 0) is 52.2 Å². The fourth-order valence-electron chi connectivity index (χ4n) is 4.81. The zero-order valence-electron chi connectivity index (χ0n) is 19.2. The Hall–Kier alpha value is -3.66. The van der Waals surface area contributed by atoms with Crippen LogP contribution in [0.25, 0.3) is 10.9 Å². The largest absolute Gasteiger partial charge is 0.438 e. The molecule has 6 rings (SSSR count). The maximum atomic E-state index is 13.8. The predicted octanol–water partition coefficient (Wildman–Crippen LogP) is 6.14. The molecule has 7 nitrogen and oxygen atoms in total. The Bertz CT molecular complexity index is 1640. The van der Waals surface area contributed by atoms with Crippen molar-refractivity contribution in [3.63, 3.8) is 0 Å². The number of pyridine rings is 1. The van der Waals surface area contributed by atoms with Gasteiger partial charge in [-0.3, -0.25) is 19.0 Å². The molecule has 1 fully saturated rings. The molecule has 1 amide bonds. The molecule has 0 aliphatic carbocycles. The Balaban J connectivity index is 1.44. The van der Waals surface area contributed by atoms with Gasteiger partial charge in [-0.15, -0.1) is 0 Å². The number of benzene rings is 2. The van der Waals surface area contributed by atoms with Crippen LogP contribution in [0, 0.1) is 0 Å². The first kappa shape index (κ1) is 23.7. The van der Waals surface area contributed by atoms with Gasteiger partial charge >= 0.3 is 0 Å². The normalized spacial score (nSPS) is 19.9. The summed E-state index contributed by atoms with van der Waals surface area (Å²) in [5.74, 6) is -0.870. The minimum Gasteiger partial charge on any atom is -0.438 e. The van der Waals surface area contributed by atoms with Crippen LogP contribution in [0.15, 0.2) is 83.7 Å². The minimum atomic E-state index is -1.23. The number of Topliss-reactive ketones (excluding diaryl/α,β-unsaturated/α-hetero) is 1. The monoisotopic (exact) mass is 546 g/mol. The summed E-state index contributed by atoms with van der Waals surface area (Å²) in [6.45, 7) is 0. The maximum Gasteiger partial charge on any atom is 0.248 e. The number of halogens is 1. The molecule has 2 unspecified atom stereocenters. The number of fused-ring (bicyclic) bond motifs is 1. The highest BCUT2D eigenvalue weighted by atomic mass is 35.5. The van der Waals surface area contributed by atoms with Gasteiger partial charge in [0.2, 0.25) is 11.8 Å². The summed E-state index contributed by atoms with van der Waals surface area (Å²) in [4.78, 5) is 32.2. The smallest absolute Gasteiger partial charge is 0.248 e. The second kappa shape index (κ2) is 9.33. The number of thiol groups is 1. The summed E-state index contributed by atoms with van der Waals surface area (Å²) in [7, 11) is 0. The molecule has 3 aromatic heterocycles. The molecule has 0 bridgehead atoms. The number of aromatic amines is 1. The van der Waals surface area contributed by atoms with E-state index < -0.39 is 17.4 Å². The number of rotatable bonds is 5. The number of thiophene rings is 1. The summed E-state index contributed by atoms with van der Waals surface area (Å²) in [6.07, 6.45) is 1.66. The second-order valence-electron chi connectivity index (χ2n) is 8.67. The van der Waals surface area contributed by atoms with E-state index in [1.165, 1.54) is 15.6 Å². The molecular formula is C27H19ClN4O3S2. The van der Waals surface area contributed by atoms with Crippen molar-refractivity contribution in [1.82, 2.24) is 19.5 Å². The number of carbonyl (C=O) groups excluding carboxylic acids is 2. The Kier molecular flexibility index (Phi) is 5.98. The Morgan fingerprint density at radius 2 is 1.92 bits per heavy atom. The Labute approximate surface area is 226 Å². The number of hydrogen-bond acceptors (Lipinski definition) is 7. The van der Waals surface area contributed by atoms with Crippen LogP contribution in [0.5, 0.6) is 11.6 Å². The first-order chi connectivity index (χ1) is 18.0. The van der Waals surface area contributed by atoms with E-state index in [4.69, 9.17) is 34.1 Å². The summed E-state index contributed by atoms with van der Waals surface area (Å²) in [6, 6.07) is 19.7. The standard InChI is InChI=1S/C27H19ClN4O3S2/c28-19-6-2-1-5-17(19)25-21(33)13-27(32(36)26(25)34,16-11-12-37-15-16)23-9-4-10-24(30-23)35-22-8-3-7-20-18(22)14-29-31-20/h1-12,14-15,25,36H,13H2,(H,29,31). The van der Waals surface area contributed by atoms with Gasteiger partial charge in [-0.25, -0.2) is 4.98 Å². The van der Waals surface area contributed by atoms with Crippen LogP contribution in [0.3, 0.4) is 0 Å². The lowest BCUT2D eigenvalue weighted by Gasteiger charge is -2.45. The van der Waals surface area contributed by atoms with Crippen molar-refractivity contribution in [2.75, 3.05) is 0 Å². The summed E-state index contributed by atoms with van der Waals surface area (Å²) in [5.41, 5.74) is 1.29. The fourth-order valence-corrected chi connectivity index (χ4v) is 6.18. The van der Waals surface area contributed by atoms with Crippen molar-refractivity contribution in [3.05, 3.63) is 106 Å². The lowest BCUT2D eigenvalue weighted by Crippen LogP contribution is -2.54. The van der Waals surface area contributed by atoms with Crippen molar-refractivity contribution in [1.29, 1.82) is 0 Å². The lowest BCUT2D eigenvalue weighted by atomic mass is 9.75. The molecule has 1 aliphatic rings. The van der Waals surface area contributed by atoms with Crippen molar-refractivity contribution in [2.24, 2.45) is 0 Å². The molecule has 1 saturated heterocycles. The SMILES string of the molecule is O=C1CC(c2ccsc2)(c2cccc(Oc3cccc4[nH]ncc34)n2)N(S)C(=O)C1c1ccccc1Cl. The van der Waals surface area contributed by atoms with Crippen LogP contribution in [0.2, 0.25) is 5.02 Å². The zero-order valence-corrected chi connectivity index (χ0v) is 21.6. The second-order valence-corrected chi connectivity index (χ2v) is 10.3. The number of H-pyrrole nitrogens is 1. The van der Waals surface area contributed by atoms with E-state index in [0.717, 1.165) is 16.5 Å². The molecule has 5 aromatic rings. The third-order valence-corrected chi connectivity index (χ3v) is 8.16. The van der Waals surface area contributed by atoms with Gasteiger partial charge in [0.15, 0.2) is 5.78 Å². The van der Waals surface area contributed by atoms with Gasteiger partial charge in [0.25, 0.3) is 0 Å². The molecule has 184 valence electrons. The molecular weight excluding hydrogens is 528 g/mol. The number of aromatic nitrogens is 3. The molecule has 1 N–H and O–H groups in total. The number of piperidine rings is 1. The maximum absolute atomic E-state index is 13.8. The molecule has 10 heteroatoms. The number of ether oxygens (including phenoxy) is 1. The van der Waals surface area contributed by atoms with E-state index in [1.54, 1.807) is 48.7 Å². The molecule has 2 atom stereocenters. The predicted molar refractivity (Wildman–Crippen MR) is 145 cm³/mol. The van der Waals surface area contributed by atoms with Gasteiger partial charge in [0.05, 0.1) is 22.8 Å². The number of amides is 1. The summed E-state index contributed by atoms with van der Waals surface area (Å²) in [5, 5.41) is 12.0. The third-order valence-electron chi connectivity index (χ3n) is 6.59. The van der Waals surface area contributed by atoms with Gasteiger partial charge in [0, 0.05) is 17.5 Å². The van der Waals surface area contributed by atoms with Crippen LogP contribution in [-0.2, 0) is 15.1 Å². The van der Waals surface area contributed by atoms with E-state index in [1.807, 2.05) is 35.0 Å². The third kappa shape index (κ3) is 3.90.